The molecule has 3 rings (SSSR count). The summed E-state index contributed by atoms with van der Waals surface area (Å²) in [4.78, 5) is 28.3. The highest BCUT2D eigenvalue weighted by atomic mass is 16.7. The standard InChI is InChI=1S/C18H22N4O8/c1-4-27-17(23)12-6-9(30-22-12)5-10-11(7-20-21-18(19)24)14(26-3)16-15(13(10)25-2)28-8-29-16/h7,9H,4-6,8H2,1-3H3,(H3,19,21,24). The van der Waals surface area contributed by atoms with Gasteiger partial charge in [-0.15, -0.1) is 0 Å². The lowest BCUT2D eigenvalue weighted by molar-refractivity contribution is -0.135. The van der Waals surface area contributed by atoms with E-state index >= 15 is 0 Å². The van der Waals surface area contributed by atoms with Gasteiger partial charge in [-0.2, -0.15) is 5.10 Å². The van der Waals surface area contributed by atoms with Gasteiger partial charge in [-0.25, -0.2) is 15.0 Å². The van der Waals surface area contributed by atoms with E-state index < -0.39 is 18.1 Å². The highest BCUT2D eigenvalue weighted by Gasteiger charge is 2.34. The van der Waals surface area contributed by atoms with Crippen LogP contribution in [0.15, 0.2) is 10.3 Å². The number of hydrogen-bond acceptors (Lipinski definition) is 10. The maximum Gasteiger partial charge on any atom is 0.356 e. The molecule has 2 aliphatic rings. The van der Waals surface area contributed by atoms with E-state index in [4.69, 9.17) is 34.3 Å². The van der Waals surface area contributed by atoms with Gasteiger partial charge in [-0.1, -0.05) is 5.16 Å². The topological polar surface area (TPSA) is 152 Å². The van der Waals surface area contributed by atoms with Crippen molar-refractivity contribution >= 4 is 23.9 Å². The molecule has 0 radical (unpaired) electrons. The fourth-order valence-electron chi connectivity index (χ4n) is 3.15. The van der Waals surface area contributed by atoms with Gasteiger partial charge in [-0.3, -0.25) is 0 Å². The Bertz CT molecular complexity index is 899. The highest BCUT2D eigenvalue weighted by molar-refractivity contribution is 6.36. The van der Waals surface area contributed by atoms with Crippen LogP contribution in [0.25, 0.3) is 0 Å². The number of carbonyl (C=O) groups excluding carboxylic acids is 2. The van der Waals surface area contributed by atoms with Crippen molar-refractivity contribution in [2.45, 2.75) is 25.9 Å². The number of esters is 1. The van der Waals surface area contributed by atoms with Crippen LogP contribution in [0, 0.1) is 0 Å². The second-order valence-electron chi connectivity index (χ2n) is 6.15. The first-order chi connectivity index (χ1) is 14.5. The summed E-state index contributed by atoms with van der Waals surface area (Å²) < 4.78 is 27.1. The van der Waals surface area contributed by atoms with Gasteiger partial charge in [0, 0.05) is 24.0 Å². The zero-order chi connectivity index (χ0) is 21.7. The lowest BCUT2D eigenvalue weighted by Gasteiger charge is -2.19. The summed E-state index contributed by atoms with van der Waals surface area (Å²) in [6, 6.07) is -0.828. The number of fused-ring (bicyclic) bond motifs is 1. The van der Waals surface area contributed by atoms with Gasteiger partial charge in [0.05, 0.1) is 27.0 Å². The second-order valence-corrected chi connectivity index (χ2v) is 6.15. The molecule has 0 fully saturated rings. The Hall–Kier alpha value is -3.70. The summed E-state index contributed by atoms with van der Waals surface area (Å²) in [6.07, 6.45) is 1.39. The van der Waals surface area contributed by atoms with E-state index in [0.717, 1.165) is 0 Å². The van der Waals surface area contributed by atoms with Crippen molar-refractivity contribution in [3.05, 3.63) is 11.1 Å². The van der Waals surface area contributed by atoms with Gasteiger partial charge < -0.3 is 34.3 Å². The second kappa shape index (κ2) is 9.20. The highest BCUT2D eigenvalue weighted by Crippen LogP contribution is 2.52. The largest absolute Gasteiger partial charge is 0.492 e. The summed E-state index contributed by atoms with van der Waals surface area (Å²) in [7, 11) is 2.94. The van der Waals surface area contributed by atoms with E-state index in [1.165, 1.54) is 20.4 Å². The molecule has 0 aliphatic carbocycles. The summed E-state index contributed by atoms with van der Waals surface area (Å²) in [5, 5.41) is 7.65. The van der Waals surface area contributed by atoms with Crippen LogP contribution in [-0.2, 0) is 20.8 Å². The zero-order valence-electron chi connectivity index (χ0n) is 16.7. The number of amides is 2. The average Bonchev–Trinajstić information content (AvgIpc) is 3.38. The molecule has 162 valence electrons. The minimum Gasteiger partial charge on any atom is -0.492 e. The third kappa shape index (κ3) is 4.16. The van der Waals surface area contributed by atoms with Gasteiger partial charge in [-0.05, 0) is 6.92 Å². The molecular formula is C18H22N4O8. The van der Waals surface area contributed by atoms with Crippen LogP contribution in [0.5, 0.6) is 23.0 Å². The van der Waals surface area contributed by atoms with Crippen LogP contribution < -0.4 is 30.1 Å². The number of primary amides is 1. The molecule has 1 aromatic rings. The van der Waals surface area contributed by atoms with Crippen LogP contribution in [0.2, 0.25) is 0 Å². The first-order valence-corrected chi connectivity index (χ1v) is 9.04. The number of nitrogens with zero attached hydrogens (tertiary/aromatic N) is 2. The fourth-order valence-corrected chi connectivity index (χ4v) is 3.15. The molecule has 12 heteroatoms. The molecule has 0 spiro atoms. The SMILES string of the molecule is CCOC(=O)C1=NOC(Cc2c(C=NNC(N)=O)c(OC)c3c(c2OC)OCO3)C1. The van der Waals surface area contributed by atoms with Crippen LogP contribution in [0.3, 0.4) is 0 Å². The zero-order valence-corrected chi connectivity index (χ0v) is 16.7. The monoisotopic (exact) mass is 422 g/mol. The number of hydrazone groups is 1. The average molecular weight is 422 g/mol. The van der Waals surface area contributed by atoms with E-state index in [1.807, 2.05) is 0 Å². The molecule has 3 N–H and O–H groups in total. The number of benzene rings is 1. The molecule has 2 aliphatic heterocycles. The minimum absolute atomic E-state index is 0.0162. The Morgan fingerprint density at radius 3 is 2.60 bits per heavy atom. The Morgan fingerprint density at radius 2 is 1.97 bits per heavy atom. The summed E-state index contributed by atoms with van der Waals surface area (Å²) in [6.45, 7) is 1.93. The van der Waals surface area contributed by atoms with Crippen molar-refractivity contribution in [3.8, 4) is 23.0 Å². The molecule has 2 heterocycles. The number of hydrogen-bond donors (Lipinski definition) is 2. The van der Waals surface area contributed by atoms with E-state index in [0.29, 0.717) is 34.1 Å². The lowest BCUT2D eigenvalue weighted by Crippen LogP contribution is -2.24. The van der Waals surface area contributed by atoms with Gasteiger partial charge in [0.2, 0.25) is 18.3 Å². The summed E-state index contributed by atoms with van der Waals surface area (Å²) in [5.74, 6) is 0.904. The minimum atomic E-state index is -0.828. The van der Waals surface area contributed by atoms with Crippen molar-refractivity contribution < 1.29 is 38.1 Å². The lowest BCUT2D eigenvalue weighted by atomic mass is 9.96. The summed E-state index contributed by atoms with van der Waals surface area (Å²) in [5.41, 5.74) is 8.45. The number of rotatable bonds is 8. The predicted molar refractivity (Wildman–Crippen MR) is 103 cm³/mol. The molecule has 1 aromatic carbocycles. The van der Waals surface area contributed by atoms with Crippen LogP contribution >= 0.6 is 0 Å². The number of ether oxygens (including phenoxy) is 5. The van der Waals surface area contributed by atoms with Crippen molar-refractivity contribution in [2.24, 2.45) is 16.0 Å². The van der Waals surface area contributed by atoms with Crippen LogP contribution in [0.4, 0.5) is 4.79 Å². The molecule has 1 unspecified atom stereocenters. The first kappa shape index (κ1) is 21.0. The third-order valence-corrected chi connectivity index (χ3v) is 4.32. The number of methoxy groups -OCH3 is 2. The first-order valence-electron chi connectivity index (χ1n) is 9.04. The van der Waals surface area contributed by atoms with E-state index in [1.54, 1.807) is 6.92 Å². The Morgan fingerprint density at radius 1 is 1.27 bits per heavy atom. The van der Waals surface area contributed by atoms with Crippen molar-refractivity contribution in [3.63, 3.8) is 0 Å². The molecule has 0 bridgehead atoms. The number of nitrogens with one attached hydrogen (secondary N) is 1. The maximum atomic E-state index is 11.9. The Kier molecular flexibility index (Phi) is 6.45. The van der Waals surface area contributed by atoms with E-state index in [2.05, 4.69) is 15.7 Å². The molecule has 1 atom stereocenters. The normalized spacial score (nSPS) is 16.8. The van der Waals surface area contributed by atoms with Gasteiger partial charge in [0.15, 0.2) is 17.2 Å². The van der Waals surface area contributed by atoms with Gasteiger partial charge in [0.25, 0.3) is 0 Å². The number of carbonyl (C=O) groups is 2. The predicted octanol–water partition coefficient (Wildman–Crippen LogP) is 0.685. The van der Waals surface area contributed by atoms with Crippen molar-refractivity contribution in [2.75, 3.05) is 27.6 Å². The fraction of sp³-hybridized carbons (Fsp3) is 0.444. The molecule has 2 amide bonds. The number of nitrogens with two attached hydrogens (primary N) is 1. The molecule has 30 heavy (non-hydrogen) atoms. The van der Waals surface area contributed by atoms with Crippen LogP contribution in [0.1, 0.15) is 24.5 Å². The van der Waals surface area contributed by atoms with Gasteiger partial charge >= 0.3 is 12.0 Å². The Labute approximate surface area is 171 Å². The molecule has 12 nitrogen and oxygen atoms in total. The smallest absolute Gasteiger partial charge is 0.356 e. The van der Waals surface area contributed by atoms with E-state index in [9.17, 15) is 9.59 Å². The van der Waals surface area contributed by atoms with E-state index in [-0.39, 0.29) is 32.0 Å². The molecular weight excluding hydrogens is 400 g/mol. The van der Waals surface area contributed by atoms with Gasteiger partial charge in [0.1, 0.15) is 6.10 Å². The molecule has 0 saturated heterocycles. The van der Waals surface area contributed by atoms with Crippen LogP contribution in [-0.4, -0.2) is 57.7 Å². The number of urea groups is 1. The van der Waals surface area contributed by atoms with Crippen molar-refractivity contribution in [1.29, 1.82) is 0 Å². The maximum absolute atomic E-state index is 11.9. The third-order valence-electron chi connectivity index (χ3n) is 4.32. The number of oxime groups is 1. The molecule has 0 aromatic heterocycles. The quantitative estimate of drug-likeness (QED) is 0.352. The Balaban J connectivity index is 1.97. The summed E-state index contributed by atoms with van der Waals surface area (Å²) >= 11 is 0. The van der Waals surface area contributed by atoms with Crippen molar-refractivity contribution in [1.82, 2.24) is 5.43 Å². The molecule has 0 saturated carbocycles.